The molecule has 0 bridgehead atoms. The fourth-order valence-electron chi connectivity index (χ4n) is 3.31. The number of aryl methyl sites for hydroxylation is 1. The van der Waals surface area contributed by atoms with Crippen molar-refractivity contribution >= 4 is 5.91 Å². The first-order chi connectivity index (χ1) is 10.9. The second kappa shape index (κ2) is 8.49. The molecule has 3 nitrogen and oxygen atoms in total. The molecule has 3 heteroatoms. The van der Waals surface area contributed by atoms with Crippen LogP contribution < -0.4 is 5.32 Å². The molecule has 1 aliphatic rings. The van der Waals surface area contributed by atoms with E-state index in [0.717, 1.165) is 32.4 Å². The second-order valence-electron chi connectivity index (χ2n) is 7.51. The van der Waals surface area contributed by atoms with Gasteiger partial charge in [-0.15, -0.1) is 0 Å². The van der Waals surface area contributed by atoms with E-state index in [1.165, 1.54) is 11.1 Å². The van der Waals surface area contributed by atoms with Gasteiger partial charge < -0.3 is 10.2 Å². The third kappa shape index (κ3) is 5.98. The first-order valence-electron chi connectivity index (χ1n) is 9.03. The van der Waals surface area contributed by atoms with Crippen molar-refractivity contribution in [2.75, 3.05) is 13.1 Å². The molecule has 1 amide bonds. The standard InChI is InChI=1S/C20H32N2O/c1-15(2)13-20(23)22-11-9-19(10-12-22)21-17(4)14-18-7-5-16(3)6-8-18/h5-8,15,17,19,21H,9-14H2,1-4H3. The van der Waals surface area contributed by atoms with E-state index in [9.17, 15) is 4.79 Å². The molecule has 128 valence electrons. The van der Waals surface area contributed by atoms with E-state index < -0.39 is 0 Å². The van der Waals surface area contributed by atoms with Crippen molar-refractivity contribution in [2.24, 2.45) is 5.92 Å². The normalized spacial score (nSPS) is 17.5. The van der Waals surface area contributed by atoms with Gasteiger partial charge in [0, 0.05) is 31.6 Å². The van der Waals surface area contributed by atoms with Crippen LogP contribution in [0.3, 0.4) is 0 Å². The van der Waals surface area contributed by atoms with Crippen molar-refractivity contribution < 1.29 is 4.79 Å². The van der Waals surface area contributed by atoms with Crippen molar-refractivity contribution in [3.63, 3.8) is 0 Å². The molecule has 1 fully saturated rings. The molecule has 1 heterocycles. The predicted molar refractivity (Wildman–Crippen MR) is 96.5 cm³/mol. The van der Waals surface area contributed by atoms with Crippen LogP contribution in [0.1, 0.15) is 51.2 Å². The van der Waals surface area contributed by atoms with Crippen LogP contribution in [0.25, 0.3) is 0 Å². The number of benzene rings is 1. The largest absolute Gasteiger partial charge is 0.343 e. The Hall–Kier alpha value is -1.35. The van der Waals surface area contributed by atoms with Crippen LogP contribution in [-0.4, -0.2) is 36.0 Å². The molecule has 23 heavy (non-hydrogen) atoms. The summed E-state index contributed by atoms with van der Waals surface area (Å²) in [6, 6.07) is 9.82. The maximum absolute atomic E-state index is 12.1. The van der Waals surface area contributed by atoms with Gasteiger partial charge in [0.05, 0.1) is 0 Å². The quantitative estimate of drug-likeness (QED) is 0.870. The van der Waals surface area contributed by atoms with E-state index >= 15 is 0 Å². The second-order valence-corrected chi connectivity index (χ2v) is 7.51. The summed E-state index contributed by atoms with van der Waals surface area (Å²) >= 11 is 0. The van der Waals surface area contributed by atoms with Crippen molar-refractivity contribution in [1.29, 1.82) is 0 Å². The highest BCUT2D eigenvalue weighted by molar-refractivity contribution is 5.76. The van der Waals surface area contributed by atoms with Gasteiger partial charge in [-0.3, -0.25) is 4.79 Å². The van der Waals surface area contributed by atoms with E-state index in [2.05, 4.69) is 57.3 Å². The molecule has 1 aromatic rings. The molecule has 0 spiro atoms. The molecule has 0 saturated carbocycles. The molecule has 1 N–H and O–H groups in total. The smallest absolute Gasteiger partial charge is 0.222 e. The molecule has 1 atom stereocenters. The molecule has 0 radical (unpaired) electrons. The molecule has 1 unspecified atom stereocenters. The molecule has 1 saturated heterocycles. The van der Waals surface area contributed by atoms with Crippen LogP contribution in [0.2, 0.25) is 0 Å². The number of rotatable bonds is 6. The zero-order chi connectivity index (χ0) is 16.8. The summed E-state index contributed by atoms with van der Waals surface area (Å²) in [5.74, 6) is 0.777. The Morgan fingerprint density at radius 1 is 1.17 bits per heavy atom. The lowest BCUT2D eigenvalue weighted by Gasteiger charge is -2.34. The van der Waals surface area contributed by atoms with Gasteiger partial charge in [-0.2, -0.15) is 0 Å². The fourth-order valence-corrected chi connectivity index (χ4v) is 3.31. The Kier molecular flexibility index (Phi) is 6.64. The first-order valence-corrected chi connectivity index (χ1v) is 9.03. The number of piperidine rings is 1. The summed E-state index contributed by atoms with van der Waals surface area (Å²) in [6.07, 6.45) is 3.89. The van der Waals surface area contributed by atoms with E-state index in [1.54, 1.807) is 0 Å². The summed E-state index contributed by atoms with van der Waals surface area (Å²) < 4.78 is 0. The van der Waals surface area contributed by atoms with Gasteiger partial charge in [-0.25, -0.2) is 0 Å². The maximum Gasteiger partial charge on any atom is 0.222 e. The highest BCUT2D eigenvalue weighted by Gasteiger charge is 2.23. The van der Waals surface area contributed by atoms with Crippen LogP contribution in [0, 0.1) is 12.8 Å². The number of carbonyl (C=O) groups excluding carboxylic acids is 1. The van der Waals surface area contributed by atoms with E-state index in [-0.39, 0.29) is 0 Å². The first kappa shape index (κ1) is 18.0. The lowest BCUT2D eigenvalue weighted by molar-refractivity contribution is -0.133. The number of nitrogens with zero attached hydrogens (tertiary/aromatic N) is 1. The molecule has 0 aromatic heterocycles. The zero-order valence-electron chi connectivity index (χ0n) is 15.1. The van der Waals surface area contributed by atoms with Crippen LogP contribution in [0.5, 0.6) is 0 Å². The number of hydrogen-bond acceptors (Lipinski definition) is 2. The number of amides is 1. The molecule has 1 aromatic carbocycles. The highest BCUT2D eigenvalue weighted by Crippen LogP contribution is 2.15. The Balaban J connectivity index is 1.73. The average Bonchev–Trinajstić information content (AvgIpc) is 2.49. The third-order valence-electron chi connectivity index (χ3n) is 4.61. The zero-order valence-corrected chi connectivity index (χ0v) is 15.1. The summed E-state index contributed by atoms with van der Waals surface area (Å²) in [5, 5.41) is 3.74. The lowest BCUT2D eigenvalue weighted by atomic mass is 10.00. The van der Waals surface area contributed by atoms with Crippen molar-refractivity contribution in [3.8, 4) is 0 Å². The van der Waals surface area contributed by atoms with Crippen molar-refractivity contribution in [1.82, 2.24) is 10.2 Å². The van der Waals surface area contributed by atoms with Gasteiger partial charge in [0.15, 0.2) is 0 Å². The van der Waals surface area contributed by atoms with E-state index in [4.69, 9.17) is 0 Å². The molecular weight excluding hydrogens is 284 g/mol. The van der Waals surface area contributed by atoms with Gasteiger partial charge in [-0.1, -0.05) is 43.7 Å². The summed E-state index contributed by atoms with van der Waals surface area (Å²) in [7, 11) is 0. The molecule has 0 aliphatic carbocycles. The van der Waals surface area contributed by atoms with Crippen LogP contribution in [0.4, 0.5) is 0 Å². The van der Waals surface area contributed by atoms with Gasteiger partial charge >= 0.3 is 0 Å². The summed E-state index contributed by atoms with van der Waals surface area (Å²) in [4.78, 5) is 14.2. The van der Waals surface area contributed by atoms with Gasteiger partial charge in [-0.05, 0) is 44.6 Å². The fraction of sp³-hybridized carbons (Fsp3) is 0.650. The minimum atomic E-state index is 0.325. The number of nitrogens with one attached hydrogen (secondary N) is 1. The van der Waals surface area contributed by atoms with Crippen molar-refractivity contribution in [3.05, 3.63) is 35.4 Å². The number of likely N-dealkylation sites (tertiary alicyclic amines) is 1. The van der Waals surface area contributed by atoms with Gasteiger partial charge in [0.2, 0.25) is 5.91 Å². The minimum absolute atomic E-state index is 0.325. The van der Waals surface area contributed by atoms with E-state index in [1.807, 2.05) is 4.90 Å². The Morgan fingerprint density at radius 2 is 1.78 bits per heavy atom. The molecule has 1 aliphatic heterocycles. The summed E-state index contributed by atoms with van der Waals surface area (Å²) in [5.41, 5.74) is 2.70. The highest BCUT2D eigenvalue weighted by atomic mass is 16.2. The molecule has 2 rings (SSSR count). The predicted octanol–water partition coefficient (Wildman–Crippen LogP) is 3.55. The van der Waals surface area contributed by atoms with E-state index in [0.29, 0.717) is 30.3 Å². The molecular formula is C20H32N2O. The minimum Gasteiger partial charge on any atom is -0.343 e. The van der Waals surface area contributed by atoms with Crippen LogP contribution >= 0.6 is 0 Å². The van der Waals surface area contributed by atoms with Crippen LogP contribution in [0.15, 0.2) is 24.3 Å². The Bertz CT molecular complexity index is 487. The maximum atomic E-state index is 12.1. The van der Waals surface area contributed by atoms with Crippen molar-refractivity contribution in [2.45, 2.75) is 65.5 Å². The average molecular weight is 316 g/mol. The topological polar surface area (TPSA) is 32.3 Å². The number of hydrogen-bond donors (Lipinski definition) is 1. The Labute approximate surface area is 141 Å². The van der Waals surface area contributed by atoms with Gasteiger partial charge in [0.1, 0.15) is 0 Å². The van der Waals surface area contributed by atoms with Crippen LogP contribution in [-0.2, 0) is 11.2 Å². The Morgan fingerprint density at radius 3 is 2.35 bits per heavy atom. The third-order valence-corrected chi connectivity index (χ3v) is 4.61. The SMILES string of the molecule is Cc1ccc(CC(C)NC2CCN(C(=O)CC(C)C)CC2)cc1. The monoisotopic (exact) mass is 316 g/mol. The van der Waals surface area contributed by atoms with Gasteiger partial charge in [0.25, 0.3) is 0 Å². The number of carbonyl (C=O) groups is 1. The lowest BCUT2D eigenvalue weighted by Crippen LogP contribution is -2.47. The summed E-state index contributed by atoms with van der Waals surface area (Å²) in [6.45, 7) is 10.4.